The number of piperidine rings is 1. The van der Waals surface area contributed by atoms with Crippen LogP contribution in [0.1, 0.15) is 45.4 Å². The molecule has 1 atom stereocenters. The van der Waals surface area contributed by atoms with Gasteiger partial charge in [0, 0.05) is 32.1 Å². The predicted molar refractivity (Wildman–Crippen MR) is 77.9 cm³/mol. The fourth-order valence-corrected chi connectivity index (χ4v) is 2.33. The maximum atomic E-state index is 11.9. The highest BCUT2D eigenvalue weighted by atomic mass is 16.4. The molecule has 0 aromatic rings. The number of rotatable bonds is 7. The van der Waals surface area contributed by atoms with E-state index in [1.165, 1.54) is 6.42 Å². The Kier molecular flexibility index (Phi) is 7.56. The van der Waals surface area contributed by atoms with Crippen LogP contribution in [0.5, 0.6) is 0 Å². The lowest BCUT2D eigenvalue weighted by Gasteiger charge is -2.26. The molecule has 7 nitrogen and oxygen atoms in total. The van der Waals surface area contributed by atoms with E-state index >= 15 is 0 Å². The van der Waals surface area contributed by atoms with E-state index in [2.05, 4.69) is 10.6 Å². The average molecular weight is 299 g/mol. The van der Waals surface area contributed by atoms with Crippen molar-refractivity contribution in [1.82, 2.24) is 15.5 Å². The number of amides is 3. The van der Waals surface area contributed by atoms with Crippen LogP contribution in [-0.4, -0.2) is 53.6 Å². The highest BCUT2D eigenvalue weighted by molar-refractivity contribution is 5.78. The van der Waals surface area contributed by atoms with Gasteiger partial charge in [0.2, 0.25) is 5.91 Å². The number of likely N-dealkylation sites (tertiary alicyclic amines) is 1. The van der Waals surface area contributed by atoms with Crippen LogP contribution in [-0.2, 0) is 9.59 Å². The van der Waals surface area contributed by atoms with Crippen molar-refractivity contribution in [3.63, 3.8) is 0 Å². The lowest BCUT2D eigenvalue weighted by atomic mass is 10.1. The first-order valence-corrected chi connectivity index (χ1v) is 7.56. The molecule has 3 amide bonds. The first kappa shape index (κ1) is 17.3. The number of carboxylic acid groups (broad SMARTS) is 1. The van der Waals surface area contributed by atoms with Gasteiger partial charge >= 0.3 is 12.0 Å². The minimum absolute atomic E-state index is 0.0626. The molecule has 1 fully saturated rings. The van der Waals surface area contributed by atoms with E-state index < -0.39 is 12.0 Å². The summed E-state index contributed by atoms with van der Waals surface area (Å²) in [7, 11) is 0. The average Bonchev–Trinajstić information content (AvgIpc) is 2.46. The fraction of sp³-hybridized carbons (Fsp3) is 0.786. The van der Waals surface area contributed by atoms with Crippen LogP contribution in [0.15, 0.2) is 0 Å². The Hall–Kier alpha value is -1.79. The number of carboxylic acids is 1. The standard InChI is InChI=1S/C14H25N3O4/c1-2-11(10-13(19)20)16-14(21)15-7-6-12(18)17-8-4-3-5-9-17/h11H,2-10H2,1H3,(H,19,20)(H2,15,16,21). The lowest BCUT2D eigenvalue weighted by molar-refractivity contribution is -0.137. The minimum Gasteiger partial charge on any atom is -0.481 e. The van der Waals surface area contributed by atoms with E-state index in [0.717, 1.165) is 25.9 Å². The van der Waals surface area contributed by atoms with E-state index in [1.54, 1.807) is 0 Å². The van der Waals surface area contributed by atoms with Gasteiger partial charge in [0.05, 0.1) is 6.42 Å². The third kappa shape index (κ3) is 6.97. The van der Waals surface area contributed by atoms with Crippen LogP contribution >= 0.6 is 0 Å². The largest absolute Gasteiger partial charge is 0.481 e. The van der Waals surface area contributed by atoms with E-state index in [-0.39, 0.29) is 31.3 Å². The van der Waals surface area contributed by atoms with Crippen LogP contribution in [0.3, 0.4) is 0 Å². The zero-order chi connectivity index (χ0) is 15.7. The summed E-state index contributed by atoms with van der Waals surface area (Å²) in [5.74, 6) is -0.880. The molecule has 1 saturated heterocycles. The molecule has 0 aromatic carbocycles. The molecule has 1 aliphatic rings. The molecule has 0 spiro atoms. The lowest BCUT2D eigenvalue weighted by Crippen LogP contribution is -2.44. The number of nitrogens with one attached hydrogen (secondary N) is 2. The van der Waals surface area contributed by atoms with Gasteiger partial charge in [-0.25, -0.2) is 4.79 Å². The molecule has 0 saturated carbocycles. The Balaban J connectivity index is 2.20. The summed E-state index contributed by atoms with van der Waals surface area (Å²) in [5.41, 5.74) is 0. The van der Waals surface area contributed by atoms with Crippen molar-refractivity contribution in [2.75, 3.05) is 19.6 Å². The van der Waals surface area contributed by atoms with E-state index in [0.29, 0.717) is 6.42 Å². The SMILES string of the molecule is CCC(CC(=O)O)NC(=O)NCCC(=O)N1CCCCC1. The summed E-state index contributed by atoms with van der Waals surface area (Å²) in [6.45, 7) is 3.70. The number of hydrogen-bond donors (Lipinski definition) is 3. The molecule has 0 radical (unpaired) electrons. The summed E-state index contributed by atoms with van der Waals surface area (Å²) < 4.78 is 0. The Morgan fingerprint density at radius 1 is 1.19 bits per heavy atom. The maximum absolute atomic E-state index is 11.9. The van der Waals surface area contributed by atoms with Crippen molar-refractivity contribution in [3.8, 4) is 0 Å². The van der Waals surface area contributed by atoms with E-state index in [1.807, 2.05) is 11.8 Å². The van der Waals surface area contributed by atoms with E-state index in [4.69, 9.17) is 5.11 Å². The van der Waals surface area contributed by atoms with Crippen molar-refractivity contribution in [3.05, 3.63) is 0 Å². The first-order chi connectivity index (χ1) is 10.0. The second kappa shape index (κ2) is 9.20. The molecule has 0 aromatic heterocycles. The Bertz CT molecular complexity index is 367. The van der Waals surface area contributed by atoms with Crippen LogP contribution in [0.2, 0.25) is 0 Å². The molecule has 1 aliphatic heterocycles. The number of urea groups is 1. The quantitative estimate of drug-likeness (QED) is 0.651. The maximum Gasteiger partial charge on any atom is 0.315 e. The Labute approximate surface area is 125 Å². The molecule has 1 rings (SSSR count). The van der Waals surface area contributed by atoms with Gasteiger partial charge in [-0.1, -0.05) is 6.92 Å². The molecule has 0 bridgehead atoms. The number of carbonyl (C=O) groups is 3. The van der Waals surface area contributed by atoms with Crippen LogP contribution in [0, 0.1) is 0 Å². The zero-order valence-corrected chi connectivity index (χ0v) is 12.6. The van der Waals surface area contributed by atoms with Crippen molar-refractivity contribution in [2.45, 2.75) is 51.5 Å². The first-order valence-electron chi connectivity index (χ1n) is 7.56. The summed E-state index contributed by atoms with van der Waals surface area (Å²) in [4.78, 5) is 35.9. The molecule has 1 unspecified atom stereocenters. The van der Waals surface area contributed by atoms with Crippen LogP contribution < -0.4 is 10.6 Å². The van der Waals surface area contributed by atoms with Gasteiger partial charge in [-0.15, -0.1) is 0 Å². The number of aliphatic carboxylic acids is 1. The minimum atomic E-state index is -0.942. The monoisotopic (exact) mass is 299 g/mol. The highest BCUT2D eigenvalue weighted by Gasteiger charge is 2.17. The summed E-state index contributed by atoms with van der Waals surface area (Å²) in [5, 5.41) is 13.9. The van der Waals surface area contributed by atoms with Gasteiger partial charge in [0.1, 0.15) is 0 Å². The van der Waals surface area contributed by atoms with Gasteiger partial charge in [-0.3, -0.25) is 9.59 Å². The van der Waals surface area contributed by atoms with Gasteiger partial charge in [-0.2, -0.15) is 0 Å². The summed E-state index contributed by atoms with van der Waals surface area (Å²) in [6, 6.07) is -0.810. The Morgan fingerprint density at radius 2 is 1.86 bits per heavy atom. The molecular formula is C14H25N3O4. The molecule has 3 N–H and O–H groups in total. The van der Waals surface area contributed by atoms with Gasteiger partial charge < -0.3 is 20.6 Å². The molecule has 7 heteroatoms. The summed E-state index contributed by atoms with van der Waals surface area (Å²) >= 11 is 0. The fourth-order valence-electron chi connectivity index (χ4n) is 2.33. The molecule has 1 heterocycles. The highest BCUT2D eigenvalue weighted by Crippen LogP contribution is 2.09. The zero-order valence-electron chi connectivity index (χ0n) is 12.6. The normalized spacial score (nSPS) is 16.1. The third-order valence-corrected chi connectivity index (χ3v) is 3.58. The third-order valence-electron chi connectivity index (χ3n) is 3.58. The smallest absolute Gasteiger partial charge is 0.315 e. The molecule has 21 heavy (non-hydrogen) atoms. The predicted octanol–water partition coefficient (Wildman–Crippen LogP) is 0.941. The van der Waals surface area contributed by atoms with Crippen molar-refractivity contribution < 1.29 is 19.5 Å². The second-order valence-corrected chi connectivity index (χ2v) is 5.29. The van der Waals surface area contributed by atoms with Crippen molar-refractivity contribution in [1.29, 1.82) is 0 Å². The van der Waals surface area contributed by atoms with Gasteiger partial charge in [0.25, 0.3) is 0 Å². The molecular weight excluding hydrogens is 274 g/mol. The van der Waals surface area contributed by atoms with Crippen LogP contribution in [0.25, 0.3) is 0 Å². The Morgan fingerprint density at radius 3 is 2.43 bits per heavy atom. The molecule has 0 aliphatic carbocycles. The summed E-state index contributed by atoms with van der Waals surface area (Å²) in [6.07, 6.45) is 4.00. The van der Waals surface area contributed by atoms with Crippen LogP contribution in [0.4, 0.5) is 4.79 Å². The second-order valence-electron chi connectivity index (χ2n) is 5.29. The van der Waals surface area contributed by atoms with Gasteiger partial charge in [-0.05, 0) is 25.7 Å². The van der Waals surface area contributed by atoms with Crippen molar-refractivity contribution >= 4 is 17.9 Å². The number of hydrogen-bond acceptors (Lipinski definition) is 3. The van der Waals surface area contributed by atoms with Gasteiger partial charge in [0.15, 0.2) is 0 Å². The number of nitrogens with zero attached hydrogens (tertiary/aromatic N) is 1. The van der Waals surface area contributed by atoms with Crippen molar-refractivity contribution in [2.24, 2.45) is 0 Å². The molecule has 120 valence electrons. The topological polar surface area (TPSA) is 98.7 Å². The van der Waals surface area contributed by atoms with E-state index in [9.17, 15) is 14.4 Å². The number of carbonyl (C=O) groups excluding carboxylic acids is 2.